The van der Waals surface area contributed by atoms with Crippen LogP contribution < -0.4 is 5.32 Å². The number of likely N-dealkylation sites (tertiary alicyclic amines) is 1. The van der Waals surface area contributed by atoms with Crippen LogP contribution in [0.3, 0.4) is 0 Å². The van der Waals surface area contributed by atoms with Gasteiger partial charge < -0.3 is 10.2 Å². The van der Waals surface area contributed by atoms with Gasteiger partial charge in [0.25, 0.3) is 0 Å². The topological polar surface area (TPSA) is 62.3 Å². The minimum absolute atomic E-state index is 0.119. The van der Waals surface area contributed by atoms with Crippen LogP contribution in [-0.4, -0.2) is 50.7 Å². The van der Waals surface area contributed by atoms with Gasteiger partial charge in [0.05, 0.1) is 11.9 Å². The average molecular weight is 269 g/mol. The Kier molecular flexibility index (Phi) is 3.87. The molecule has 0 radical (unpaired) electrons. The van der Waals surface area contributed by atoms with Crippen LogP contribution in [-0.2, 0) is 9.84 Å². The van der Waals surface area contributed by atoms with E-state index >= 15 is 0 Å². The Morgan fingerprint density at radius 1 is 1.44 bits per heavy atom. The zero-order chi connectivity index (χ0) is 13.2. The van der Waals surface area contributed by atoms with Crippen LogP contribution in [0, 0.1) is 0 Å². The lowest BCUT2D eigenvalue weighted by Gasteiger charge is -2.30. The first-order valence-corrected chi connectivity index (χ1v) is 7.95. The van der Waals surface area contributed by atoms with Crippen molar-refractivity contribution in [3.8, 4) is 0 Å². The molecule has 6 heteroatoms. The lowest BCUT2D eigenvalue weighted by molar-refractivity contribution is 0.261. The van der Waals surface area contributed by atoms with Gasteiger partial charge in [-0.2, -0.15) is 0 Å². The second-order valence-electron chi connectivity index (χ2n) is 4.90. The van der Waals surface area contributed by atoms with Crippen molar-refractivity contribution in [1.29, 1.82) is 0 Å². The van der Waals surface area contributed by atoms with E-state index in [1.807, 2.05) is 0 Å². The normalized spacial score (nSPS) is 21.8. The molecule has 1 unspecified atom stereocenters. The fourth-order valence-corrected chi connectivity index (χ4v) is 2.76. The highest BCUT2D eigenvalue weighted by Crippen LogP contribution is 2.15. The van der Waals surface area contributed by atoms with E-state index in [4.69, 9.17) is 0 Å². The number of anilines is 1. The Morgan fingerprint density at radius 3 is 2.78 bits per heavy atom. The lowest BCUT2D eigenvalue weighted by atomic mass is 10.1. The van der Waals surface area contributed by atoms with Crippen LogP contribution >= 0.6 is 0 Å². The molecule has 100 valence electrons. The van der Waals surface area contributed by atoms with E-state index in [1.54, 1.807) is 18.3 Å². The molecule has 1 atom stereocenters. The summed E-state index contributed by atoms with van der Waals surface area (Å²) in [7, 11) is -1.10. The molecule has 0 spiro atoms. The van der Waals surface area contributed by atoms with E-state index in [2.05, 4.69) is 22.2 Å². The highest BCUT2D eigenvalue weighted by molar-refractivity contribution is 7.90. The standard InChI is InChI=1S/C12H19N3O2S/c1-15-7-3-4-11(9-15)14-10-5-6-12(13-8-10)18(2,16)17/h5-6,8,11,14H,3-4,7,9H2,1-2H3. The Hall–Kier alpha value is -1.14. The summed E-state index contributed by atoms with van der Waals surface area (Å²) in [6.07, 6.45) is 5.07. The maximum Gasteiger partial charge on any atom is 0.192 e. The Balaban J connectivity index is 2.02. The zero-order valence-corrected chi connectivity index (χ0v) is 11.6. The first kappa shape index (κ1) is 13.3. The van der Waals surface area contributed by atoms with E-state index in [1.165, 1.54) is 12.7 Å². The molecule has 1 N–H and O–H groups in total. The molecule has 1 aliphatic heterocycles. The van der Waals surface area contributed by atoms with Crippen LogP contribution in [0.15, 0.2) is 23.4 Å². The molecule has 1 aromatic heterocycles. The van der Waals surface area contributed by atoms with Crippen LogP contribution in [0.4, 0.5) is 5.69 Å². The first-order valence-electron chi connectivity index (χ1n) is 6.06. The fourth-order valence-electron chi connectivity index (χ4n) is 2.20. The molecule has 5 nitrogen and oxygen atoms in total. The summed E-state index contributed by atoms with van der Waals surface area (Å²) in [5.41, 5.74) is 0.878. The van der Waals surface area contributed by atoms with Crippen molar-refractivity contribution in [2.75, 3.05) is 31.7 Å². The number of nitrogens with zero attached hydrogens (tertiary/aromatic N) is 2. The fraction of sp³-hybridized carbons (Fsp3) is 0.583. The molecule has 1 fully saturated rings. The van der Waals surface area contributed by atoms with Crippen molar-refractivity contribution in [1.82, 2.24) is 9.88 Å². The average Bonchev–Trinajstić information content (AvgIpc) is 2.28. The molecule has 18 heavy (non-hydrogen) atoms. The van der Waals surface area contributed by atoms with Gasteiger partial charge in [-0.15, -0.1) is 0 Å². The van der Waals surface area contributed by atoms with Crippen molar-refractivity contribution in [3.05, 3.63) is 18.3 Å². The van der Waals surface area contributed by atoms with Gasteiger partial charge in [0, 0.05) is 18.8 Å². The van der Waals surface area contributed by atoms with Gasteiger partial charge in [0.1, 0.15) is 0 Å². The lowest BCUT2D eigenvalue weighted by Crippen LogP contribution is -2.39. The number of piperidine rings is 1. The predicted molar refractivity (Wildman–Crippen MR) is 71.5 cm³/mol. The quantitative estimate of drug-likeness (QED) is 0.886. The van der Waals surface area contributed by atoms with Crippen molar-refractivity contribution in [2.45, 2.75) is 23.9 Å². The maximum atomic E-state index is 11.3. The summed E-state index contributed by atoms with van der Waals surface area (Å²) in [5.74, 6) is 0. The summed E-state index contributed by atoms with van der Waals surface area (Å²) < 4.78 is 22.6. The Morgan fingerprint density at radius 2 is 2.22 bits per heavy atom. The molecular formula is C12H19N3O2S. The molecule has 1 saturated heterocycles. The minimum Gasteiger partial charge on any atom is -0.380 e. The Labute approximate surface area is 108 Å². The number of pyridine rings is 1. The third-order valence-electron chi connectivity index (χ3n) is 3.11. The van der Waals surface area contributed by atoms with Crippen LogP contribution in [0.5, 0.6) is 0 Å². The SMILES string of the molecule is CN1CCCC(Nc2ccc(S(C)(=O)=O)nc2)C1. The molecule has 0 aliphatic carbocycles. The van der Waals surface area contributed by atoms with Gasteiger partial charge in [-0.1, -0.05) is 0 Å². The van der Waals surface area contributed by atoms with Crippen LogP contribution in [0.1, 0.15) is 12.8 Å². The highest BCUT2D eigenvalue weighted by Gasteiger charge is 2.17. The predicted octanol–water partition coefficient (Wildman–Crippen LogP) is 0.991. The summed E-state index contributed by atoms with van der Waals surface area (Å²) in [4.78, 5) is 6.26. The van der Waals surface area contributed by atoms with Gasteiger partial charge >= 0.3 is 0 Å². The van der Waals surface area contributed by atoms with Crippen molar-refractivity contribution < 1.29 is 8.42 Å². The maximum absolute atomic E-state index is 11.3. The molecule has 2 rings (SSSR count). The smallest absolute Gasteiger partial charge is 0.192 e. The van der Waals surface area contributed by atoms with Crippen LogP contribution in [0.2, 0.25) is 0 Å². The van der Waals surface area contributed by atoms with E-state index in [-0.39, 0.29) is 5.03 Å². The van der Waals surface area contributed by atoms with Crippen molar-refractivity contribution in [3.63, 3.8) is 0 Å². The van der Waals surface area contributed by atoms with Crippen molar-refractivity contribution >= 4 is 15.5 Å². The molecule has 0 aromatic carbocycles. The summed E-state index contributed by atoms with van der Waals surface area (Å²) in [6.45, 7) is 2.15. The largest absolute Gasteiger partial charge is 0.380 e. The highest BCUT2D eigenvalue weighted by atomic mass is 32.2. The third kappa shape index (κ3) is 3.43. The summed E-state index contributed by atoms with van der Waals surface area (Å²) >= 11 is 0. The van der Waals surface area contributed by atoms with Crippen molar-refractivity contribution in [2.24, 2.45) is 0 Å². The van der Waals surface area contributed by atoms with Gasteiger partial charge in [-0.25, -0.2) is 13.4 Å². The van der Waals surface area contributed by atoms with E-state index in [9.17, 15) is 8.42 Å². The van der Waals surface area contributed by atoms with E-state index in [0.29, 0.717) is 6.04 Å². The number of rotatable bonds is 3. The number of hydrogen-bond acceptors (Lipinski definition) is 5. The number of nitrogens with one attached hydrogen (secondary N) is 1. The molecule has 1 aromatic rings. The number of hydrogen-bond donors (Lipinski definition) is 1. The number of likely N-dealkylation sites (N-methyl/N-ethyl adjacent to an activating group) is 1. The van der Waals surface area contributed by atoms with Gasteiger partial charge in [-0.3, -0.25) is 0 Å². The second-order valence-corrected chi connectivity index (χ2v) is 6.87. The number of aromatic nitrogens is 1. The van der Waals surface area contributed by atoms with Gasteiger partial charge in [0.15, 0.2) is 14.9 Å². The molecule has 0 amide bonds. The molecular weight excluding hydrogens is 250 g/mol. The molecule has 0 saturated carbocycles. The molecule has 2 heterocycles. The van der Waals surface area contributed by atoms with E-state index < -0.39 is 9.84 Å². The first-order chi connectivity index (χ1) is 8.45. The second kappa shape index (κ2) is 5.24. The minimum atomic E-state index is -3.21. The number of sulfone groups is 1. The van der Waals surface area contributed by atoms with E-state index in [0.717, 1.165) is 25.2 Å². The molecule has 0 bridgehead atoms. The molecule has 1 aliphatic rings. The van der Waals surface area contributed by atoms with Gasteiger partial charge in [0.2, 0.25) is 0 Å². The Bertz CT molecular complexity index is 499. The summed E-state index contributed by atoms with van der Waals surface area (Å²) in [6, 6.07) is 3.73. The monoisotopic (exact) mass is 269 g/mol. The van der Waals surface area contributed by atoms with Crippen LogP contribution in [0.25, 0.3) is 0 Å². The zero-order valence-electron chi connectivity index (χ0n) is 10.8. The third-order valence-corrected chi connectivity index (χ3v) is 4.11. The van der Waals surface area contributed by atoms with Gasteiger partial charge in [-0.05, 0) is 38.6 Å². The summed E-state index contributed by atoms with van der Waals surface area (Å²) in [5, 5.41) is 3.51.